The number of hydrogen-bond acceptors (Lipinski definition) is 6. The molecule has 0 saturated carbocycles. The van der Waals surface area contributed by atoms with Gasteiger partial charge in [0.25, 0.3) is 5.91 Å². The van der Waals surface area contributed by atoms with E-state index in [9.17, 15) is 19.5 Å². The number of rotatable bonds is 4. The third kappa shape index (κ3) is 2.98. The highest BCUT2D eigenvalue weighted by atomic mass is 16.5. The molecule has 3 atom stereocenters. The molecule has 0 bridgehead atoms. The Hall–Kier alpha value is -2.45. The number of carbonyl (C=O) groups excluding carboxylic acids is 3. The van der Waals surface area contributed by atoms with E-state index in [1.54, 1.807) is 36.1 Å². The quantitative estimate of drug-likeness (QED) is 0.588. The Morgan fingerprint density at radius 1 is 1.36 bits per heavy atom. The van der Waals surface area contributed by atoms with Gasteiger partial charge < -0.3 is 15.2 Å². The first-order valence-corrected chi connectivity index (χ1v) is 8.06. The second kappa shape index (κ2) is 6.45. The van der Waals surface area contributed by atoms with Crippen LogP contribution in [0.25, 0.3) is 0 Å². The molecule has 8 heteroatoms. The second-order valence-electron chi connectivity index (χ2n) is 6.50. The van der Waals surface area contributed by atoms with Crippen molar-refractivity contribution < 1.29 is 24.2 Å². The highest BCUT2D eigenvalue weighted by Crippen LogP contribution is 2.30. The summed E-state index contributed by atoms with van der Waals surface area (Å²) in [7, 11) is 1.27. The predicted octanol–water partition coefficient (Wildman–Crippen LogP) is 0.0193. The van der Waals surface area contributed by atoms with Crippen LogP contribution in [0.2, 0.25) is 0 Å². The maximum Gasteiger partial charge on any atom is 0.326 e. The van der Waals surface area contributed by atoms with E-state index in [2.05, 4.69) is 5.32 Å². The van der Waals surface area contributed by atoms with Gasteiger partial charge in [0.2, 0.25) is 0 Å². The molecule has 2 fully saturated rings. The van der Waals surface area contributed by atoms with Crippen LogP contribution in [-0.2, 0) is 19.9 Å². The molecular formula is C17H21N3O5. The van der Waals surface area contributed by atoms with E-state index in [0.29, 0.717) is 5.56 Å². The van der Waals surface area contributed by atoms with Crippen molar-refractivity contribution >= 4 is 17.9 Å². The minimum atomic E-state index is -1.16. The van der Waals surface area contributed by atoms with E-state index in [0.717, 1.165) is 4.90 Å². The number of benzene rings is 1. The summed E-state index contributed by atoms with van der Waals surface area (Å²) in [6.07, 6.45) is -0.489. The van der Waals surface area contributed by atoms with Crippen LogP contribution in [0.5, 0.6) is 0 Å². The molecule has 2 aliphatic heterocycles. The van der Waals surface area contributed by atoms with Crippen molar-refractivity contribution in [3.05, 3.63) is 35.9 Å². The molecule has 2 heterocycles. The minimum absolute atomic E-state index is 0.0794. The summed E-state index contributed by atoms with van der Waals surface area (Å²) in [5.41, 5.74) is -0.473. The number of methoxy groups -OCH3 is 1. The topological polar surface area (TPSA) is 99.2 Å². The van der Waals surface area contributed by atoms with Crippen LogP contribution in [0, 0.1) is 0 Å². The molecule has 1 aromatic rings. The number of aliphatic hydroxyl groups excluding tert-OH is 1. The van der Waals surface area contributed by atoms with Gasteiger partial charge in [0, 0.05) is 13.0 Å². The molecule has 134 valence electrons. The highest BCUT2D eigenvalue weighted by molar-refractivity contribution is 6.07. The molecule has 2 saturated heterocycles. The van der Waals surface area contributed by atoms with Crippen LogP contribution in [0.1, 0.15) is 18.9 Å². The van der Waals surface area contributed by atoms with E-state index in [4.69, 9.17) is 4.74 Å². The number of nitrogens with zero attached hydrogens (tertiary/aromatic N) is 2. The van der Waals surface area contributed by atoms with Crippen LogP contribution in [0.4, 0.5) is 4.79 Å². The largest absolute Gasteiger partial charge is 0.468 e. The molecule has 1 aromatic carbocycles. The van der Waals surface area contributed by atoms with E-state index in [-0.39, 0.29) is 19.6 Å². The Morgan fingerprint density at radius 2 is 2.04 bits per heavy atom. The molecule has 2 aliphatic rings. The smallest absolute Gasteiger partial charge is 0.326 e. The number of amides is 3. The lowest BCUT2D eigenvalue weighted by Gasteiger charge is -2.27. The monoisotopic (exact) mass is 347 g/mol. The third-order valence-electron chi connectivity index (χ3n) is 4.80. The lowest BCUT2D eigenvalue weighted by molar-refractivity contribution is -0.147. The Morgan fingerprint density at radius 3 is 2.68 bits per heavy atom. The zero-order valence-electron chi connectivity index (χ0n) is 14.1. The fraction of sp³-hybridized carbons (Fsp3) is 0.471. The minimum Gasteiger partial charge on any atom is -0.468 e. The van der Waals surface area contributed by atoms with Crippen molar-refractivity contribution in [2.75, 3.05) is 20.3 Å². The van der Waals surface area contributed by atoms with Crippen LogP contribution in [0.3, 0.4) is 0 Å². The summed E-state index contributed by atoms with van der Waals surface area (Å²) in [5.74, 6) is -0.886. The molecule has 25 heavy (non-hydrogen) atoms. The summed E-state index contributed by atoms with van der Waals surface area (Å²) in [5, 5.41) is 12.6. The predicted molar refractivity (Wildman–Crippen MR) is 87.2 cm³/mol. The second-order valence-corrected chi connectivity index (χ2v) is 6.50. The number of esters is 1. The fourth-order valence-corrected chi connectivity index (χ4v) is 3.39. The Kier molecular flexibility index (Phi) is 4.49. The standard InChI is InChI=1S/C17H21N3O5/c1-17(11-6-4-3-5-7-11)15(23)20(16(24)18-17)10-19-9-12(21)8-13(19)14(22)25-2/h3-7,12-13,21H,8-10H2,1-2H3,(H,18,24)/t12-,13+,17+/m1/s1. The van der Waals surface area contributed by atoms with Gasteiger partial charge in [-0.1, -0.05) is 30.3 Å². The number of aliphatic hydroxyl groups is 1. The average molecular weight is 347 g/mol. The SMILES string of the molecule is COC(=O)[C@@H]1C[C@@H](O)CN1CN1C(=O)N[C@@](C)(c2ccccc2)C1=O. The van der Waals surface area contributed by atoms with Crippen molar-refractivity contribution in [1.82, 2.24) is 15.1 Å². The van der Waals surface area contributed by atoms with Gasteiger partial charge in [-0.3, -0.25) is 14.5 Å². The zero-order valence-corrected chi connectivity index (χ0v) is 14.1. The summed E-state index contributed by atoms with van der Waals surface area (Å²) >= 11 is 0. The molecule has 3 rings (SSSR count). The van der Waals surface area contributed by atoms with Crippen molar-refractivity contribution in [2.24, 2.45) is 0 Å². The number of imide groups is 1. The molecule has 0 aliphatic carbocycles. The number of carbonyl (C=O) groups is 3. The van der Waals surface area contributed by atoms with Crippen molar-refractivity contribution in [3.63, 3.8) is 0 Å². The van der Waals surface area contributed by atoms with E-state index >= 15 is 0 Å². The molecular weight excluding hydrogens is 326 g/mol. The lowest BCUT2D eigenvalue weighted by atomic mass is 9.92. The van der Waals surface area contributed by atoms with Gasteiger partial charge in [0.15, 0.2) is 0 Å². The first kappa shape index (κ1) is 17.4. The normalized spacial score (nSPS) is 29.8. The van der Waals surface area contributed by atoms with E-state index in [1.165, 1.54) is 7.11 Å². The highest BCUT2D eigenvalue weighted by Gasteiger charge is 2.50. The van der Waals surface area contributed by atoms with E-state index in [1.807, 2.05) is 6.07 Å². The Balaban J connectivity index is 1.80. The number of likely N-dealkylation sites (tertiary alicyclic amines) is 1. The fourth-order valence-electron chi connectivity index (χ4n) is 3.39. The summed E-state index contributed by atoms with van der Waals surface area (Å²) in [4.78, 5) is 39.8. The van der Waals surface area contributed by atoms with Crippen molar-refractivity contribution in [1.29, 1.82) is 0 Å². The van der Waals surface area contributed by atoms with Crippen LogP contribution >= 0.6 is 0 Å². The number of ether oxygens (including phenoxy) is 1. The van der Waals surface area contributed by atoms with Crippen LogP contribution in [-0.4, -0.2) is 65.3 Å². The molecule has 0 spiro atoms. The van der Waals surface area contributed by atoms with Gasteiger partial charge in [0.1, 0.15) is 11.6 Å². The van der Waals surface area contributed by atoms with Gasteiger partial charge in [0.05, 0.1) is 19.9 Å². The molecule has 0 aromatic heterocycles. The van der Waals surface area contributed by atoms with Gasteiger partial charge in [-0.05, 0) is 12.5 Å². The molecule has 8 nitrogen and oxygen atoms in total. The molecule has 2 N–H and O–H groups in total. The number of nitrogens with one attached hydrogen (secondary N) is 1. The van der Waals surface area contributed by atoms with Gasteiger partial charge in [-0.15, -0.1) is 0 Å². The molecule has 0 unspecified atom stereocenters. The van der Waals surface area contributed by atoms with E-state index < -0.39 is 35.6 Å². The maximum atomic E-state index is 12.9. The van der Waals surface area contributed by atoms with Gasteiger partial charge in [-0.2, -0.15) is 0 Å². The van der Waals surface area contributed by atoms with Crippen molar-refractivity contribution in [3.8, 4) is 0 Å². The third-order valence-corrected chi connectivity index (χ3v) is 4.80. The van der Waals surface area contributed by atoms with Crippen molar-refractivity contribution in [2.45, 2.75) is 31.0 Å². The Bertz CT molecular complexity index is 695. The van der Waals surface area contributed by atoms with Crippen LogP contribution in [0.15, 0.2) is 30.3 Å². The number of urea groups is 1. The summed E-state index contributed by atoms with van der Waals surface area (Å²) < 4.78 is 4.75. The van der Waals surface area contributed by atoms with Crippen LogP contribution < -0.4 is 5.32 Å². The molecule has 3 amide bonds. The number of β-amino-alcohol motifs (C(OH)–C–C–N with tert-alkyl or cyclic N) is 1. The Labute approximate surface area is 145 Å². The summed E-state index contributed by atoms with van der Waals surface area (Å²) in [6, 6.07) is 7.78. The van der Waals surface area contributed by atoms with Gasteiger partial charge >= 0.3 is 12.0 Å². The summed E-state index contributed by atoms with van der Waals surface area (Å²) in [6.45, 7) is 1.77. The average Bonchev–Trinajstić information content (AvgIpc) is 3.08. The number of hydrogen-bond donors (Lipinski definition) is 2. The van der Waals surface area contributed by atoms with Gasteiger partial charge in [-0.25, -0.2) is 9.69 Å². The first-order chi connectivity index (χ1) is 11.9. The zero-order chi connectivity index (χ0) is 18.2. The molecule has 0 radical (unpaired) electrons. The maximum absolute atomic E-state index is 12.9. The lowest BCUT2D eigenvalue weighted by Crippen LogP contribution is -2.47. The first-order valence-electron chi connectivity index (χ1n) is 8.06.